The first-order valence-corrected chi connectivity index (χ1v) is 7.73. The van der Waals surface area contributed by atoms with Gasteiger partial charge in [0.2, 0.25) is 5.91 Å². The molecule has 2 unspecified atom stereocenters. The van der Waals surface area contributed by atoms with Gasteiger partial charge < -0.3 is 15.4 Å². The molecule has 6 heteroatoms. The van der Waals surface area contributed by atoms with Gasteiger partial charge in [0.25, 0.3) is 0 Å². The van der Waals surface area contributed by atoms with Gasteiger partial charge in [0, 0.05) is 11.0 Å². The fourth-order valence-electron chi connectivity index (χ4n) is 2.39. The molecular weight excluding hydrogens is 336 g/mol. The Bertz CT molecular complexity index is 515. The van der Waals surface area contributed by atoms with Crippen molar-refractivity contribution in [2.24, 2.45) is 5.92 Å². The van der Waals surface area contributed by atoms with Gasteiger partial charge in [-0.15, -0.1) is 0 Å². The van der Waals surface area contributed by atoms with Gasteiger partial charge in [0.15, 0.2) is 0 Å². The summed E-state index contributed by atoms with van der Waals surface area (Å²) in [4.78, 5) is 23.9. The van der Waals surface area contributed by atoms with Crippen molar-refractivity contribution >= 4 is 27.8 Å². The standard InChI is InChI=1S/C15H19BrN2O3/c1-21-14(19)8-13(10-3-2-4-12(16)7-10)18-15(20)11-5-6-17-9-11/h2-4,7,11,13,17H,5-6,8-9H2,1H3,(H,18,20). The molecule has 0 bridgehead atoms. The summed E-state index contributed by atoms with van der Waals surface area (Å²) < 4.78 is 5.63. The Labute approximate surface area is 132 Å². The molecule has 21 heavy (non-hydrogen) atoms. The number of benzene rings is 1. The minimum Gasteiger partial charge on any atom is -0.469 e. The smallest absolute Gasteiger partial charge is 0.307 e. The van der Waals surface area contributed by atoms with E-state index in [4.69, 9.17) is 4.74 Å². The van der Waals surface area contributed by atoms with Crippen molar-refractivity contribution in [3.05, 3.63) is 34.3 Å². The molecule has 0 saturated carbocycles. The van der Waals surface area contributed by atoms with Gasteiger partial charge in [-0.25, -0.2) is 0 Å². The number of hydrogen-bond acceptors (Lipinski definition) is 4. The lowest BCUT2D eigenvalue weighted by Gasteiger charge is -2.20. The lowest BCUT2D eigenvalue weighted by atomic mass is 10.0. The average molecular weight is 355 g/mol. The van der Waals surface area contributed by atoms with Gasteiger partial charge in [-0.05, 0) is 30.7 Å². The zero-order valence-corrected chi connectivity index (χ0v) is 13.5. The maximum atomic E-state index is 12.3. The zero-order valence-electron chi connectivity index (χ0n) is 11.9. The van der Waals surface area contributed by atoms with Crippen molar-refractivity contribution < 1.29 is 14.3 Å². The van der Waals surface area contributed by atoms with E-state index >= 15 is 0 Å². The lowest BCUT2D eigenvalue weighted by molar-refractivity contribution is -0.141. The van der Waals surface area contributed by atoms with E-state index in [2.05, 4.69) is 26.6 Å². The Hall–Kier alpha value is -1.40. The number of rotatable bonds is 5. The third-order valence-corrected chi connectivity index (χ3v) is 4.09. The van der Waals surface area contributed by atoms with Gasteiger partial charge in [0.05, 0.1) is 25.5 Å². The van der Waals surface area contributed by atoms with Crippen LogP contribution in [-0.4, -0.2) is 32.1 Å². The summed E-state index contributed by atoms with van der Waals surface area (Å²) in [6, 6.07) is 7.21. The largest absolute Gasteiger partial charge is 0.469 e. The Balaban J connectivity index is 2.11. The Kier molecular flexibility index (Phi) is 5.76. The van der Waals surface area contributed by atoms with Crippen LogP contribution in [0.3, 0.4) is 0 Å². The Morgan fingerprint density at radius 2 is 2.33 bits per heavy atom. The molecule has 1 heterocycles. The van der Waals surface area contributed by atoms with E-state index in [0.29, 0.717) is 6.54 Å². The summed E-state index contributed by atoms with van der Waals surface area (Å²) in [6.45, 7) is 1.55. The molecule has 2 atom stereocenters. The molecule has 2 rings (SSSR count). The summed E-state index contributed by atoms with van der Waals surface area (Å²) in [5.41, 5.74) is 0.883. The van der Waals surface area contributed by atoms with Crippen LogP contribution in [0.25, 0.3) is 0 Å². The quantitative estimate of drug-likeness (QED) is 0.791. The maximum Gasteiger partial charge on any atom is 0.307 e. The number of carbonyl (C=O) groups excluding carboxylic acids is 2. The van der Waals surface area contributed by atoms with Gasteiger partial charge in [-0.2, -0.15) is 0 Å². The fourth-order valence-corrected chi connectivity index (χ4v) is 2.81. The molecule has 114 valence electrons. The summed E-state index contributed by atoms with van der Waals surface area (Å²) in [5, 5.41) is 6.13. The van der Waals surface area contributed by atoms with Crippen LogP contribution >= 0.6 is 15.9 Å². The van der Waals surface area contributed by atoms with E-state index in [1.807, 2.05) is 24.3 Å². The highest BCUT2D eigenvalue weighted by atomic mass is 79.9. The molecule has 1 aromatic rings. The van der Waals surface area contributed by atoms with Crippen molar-refractivity contribution in [2.45, 2.75) is 18.9 Å². The highest BCUT2D eigenvalue weighted by Gasteiger charge is 2.26. The molecular formula is C15H19BrN2O3. The van der Waals surface area contributed by atoms with Crippen molar-refractivity contribution in [1.82, 2.24) is 10.6 Å². The third kappa shape index (κ3) is 4.54. The summed E-state index contributed by atoms with van der Waals surface area (Å²) in [6.07, 6.45) is 0.952. The van der Waals surface area contributed by atoms with Crippen molar-refractivity contribution in [1.29, 1.82) is 0 Å². The topological polar surface area (TPSA) is 67.4 Å². The monoisotopic (exact) mass is 354 g/mol. The minimum atomic E-state index is -0.372. The molecule has 5 nitrogen and oxygen atoms in total. The Morgan fingerprint density at radius 1 is 1.52 bits per heavy atom. The molecule has 1 saturated heterocycles. The zero-order chi connectivity index (χ0) is 15.2. The number of amides is 1. The number of nitrogens with one attached hydrogen (secondary N) is 2. The molecule has 2 N–H and O–H groups in total. The van der Waals surface area contributed by atoms with E-state index in [0.717, 1.165) is 23.0 Å². The normalized spacial score (nSPS) is 19.0. The highest BCUT2D eigenvalue weighted by Crippen LogP contribution is 2.22. The molecule has 0 aliphatic carbocycles. The van der Waals surface area contributed by atoms with Crippen molar-refractivity contribution in [2.75, 3.05) is 20.2 Å². The number of esters is 1. The van der Waals surface area contributed by atoms with Crippen LogP contribution < -0.4 is 10.6 Å². The van der Waals surface area contributed by atoms with Gasteiger partial charge in [0.1, 0.15) is 0 Å². The second-order valence-corrected chi connectivity index (χ2v) is 6.00. The number of hydrogen-bond donors (Lipinski definition) is 2. The first kappa shape index (κ1) is 16.0. The first-order valence-electron chi connectivity index (χ1n) is 6.93. The number of ether oxygens (including phenoxy) is 1. The molecule has 0 aromatic heterocycles. The predicted molar refractivity (Wildman–Crippen MR) is 82.6 cm³/mol. The van der Waals surface area contributed by atoms with E-state index in [1.54, 1.807) is 0 Å². The number of halogens is 1. The third-order valence-electron chi connectivity index (χ3n) is 3.60. The molecule has 0 spiro atoms. The molecule has 0 radical (unpaired) electrons. The van der Waals surface area contributed by atoms with Crippen LogP contribution in [-0.2, 0) is 14.3 Å². The fraction of sp³-hybridized carbons (Fsp3) is 0.467. The maximum absolute atomic E-state index is 12.3. The van der Waals surface area contributed by atoms with E-state index in [-0.39, 0.29) is 30.3 Å². The van der Waals surface area contributed by atoms with Crippen LogP contribution in [0.1, 0.15) is 24.4 Å². The van der Waals surface area contributed by atoms with Gasteiger partial charge in [-0.1, -0.05) is 28.1 Å². The van der Waals surface area contributed by atoms with Gasteiger partial charge >= 0.3 is 5.97 Å². The molecule has 1 aliphatic heterocycles. The van der Waals surface area contributed by atoms with Crippen LogP contribution in [0.15, 0.2) is 28.7 Å². The highest BCUT2D eigenvalue weighted by molar-refractivity contribution is 9.10. The van der Waals surface area contributed by atoms with Crippen molar-refractivity contribution in [3.8, 4) is 0 Å². The van der Waals surface area contributed by atoms with E-state index in [1.165, 1.54) is 7.11 Å². The SMILES string of the molecule is COC(=O)CC(NC(=O)C1CCNC1)c1cccc(Br)c1. The Morgan fingerprint density at radius 3 is 2.95 bits per heavy atom. The summed E-state index contributed by atoms with van der Waals surface area (Å²) in [5.74, 6) is -0.393. The second kappa shape index (κ2) is 7.56. The van der Waals surface area contributed by atoms with Crippen LogP contribution in [0.5, 0.6) is 0 Å². The van der Waals surface area contributed by atoms with Crippen LogP contribution in [0, 0.1) is 5.92 Å². The average Bonchev–Trinajstić information content (AvgIpc) is 3.00. The number of methoxy groups -OCH3 is 1. The summed E-state index contributed by atoms with van der Waals surface area (Å²) >= 11 is 3.41. The molecule has 1 fully saturated rings. The predicted octanol–water partition coefficient (Wildman–Crippen LogP) is 1.78. The molecule has 1 aliphatic rings. The number of carbonyl (C=O) groups is 2. The van der Waals surface area contributed by atoms with Crippen LogP contribution in [0.2, 0.25) is 0 Å². The molecule has 1 amide bonds. The van der Waals surface area contributed by atoms with E-state index in [9.17, 15) is 9.59 Å². The lowest BCUT2D eigenvalue weighted by Crippen LogP contribution is -2.36. The van der Waals surface area contributed by atoms with Gasteiger partial charge in [-0.3, -0.25) is 9.59 Å². The minimum absolute atomic E-state index is 0.0196. The second-order valence-electron chi connectivity index (χ2n) is 5.09. The first-order chi connectivity index (χ1) is 10.1. The molecule has 1 aromatic carbocycles. The van der Waals surface area contributed by atoms with E-state index < -0.39 is 0 Å². The van der Waals surface area contributed by atoms with Crippen LogP contribution in [0.4, 0.5) is 0 Å². The van der Waals surface area contributed by atoms with Crippen molar-refractivity contribution in [3.63, 3.8) is 0 Å². The summed E-state index contributed by atoms with van der Waals surface area (Å²) in [7, 11) is 1.35.